The average molecular weight is 597 g/mol. The molecule has 11 nitrogen and oxygen atoms in total. The smallest absolute Gasteiger partial charge is 0.413 e. The number of hydrogen-bond acceptors (Lipinski definition) is 9. The summed E-state index contributed by atoms with van der Waals surface area (Å²) in [7, 11) is -3.75. The molecule has 3 heterocycles. The summed E-state index contributed by atoms with van der Waals surface area (Å²) < 4.78 is 32.6. The number of ether oxygens (including phenoxy) is 1. The van der Waals surface area contributed by atoms with Gasteiger partial charge < -0.3 is 9.64 Å². The Morgan fingerprint density at radius 3 is 2.44 bits per heavy atom. The number of nitrogens with one attached hydrogen (secondary N) is 2. The van der Waals surface area contributed by atoms with E-state index in [1.807, 2.05) is 12.1 Å². The second kappa shape index (κ2) is 12.3. The maximum atomic E-state index is 13.2. The molecule has 2 N–H and O–H groups in total. The molecule has 0 unspecified atom stereocenters. The molecule has 216 valence electrons. The monoisotopic (exact) mass is 596 g/mol. The highest BCUT2D eigenvalue weighted by molar-refractivity contribution is 7.92. The van der Waals surface area contributed by atoms with Gasteiger partial charge in [0.1, 0.15) is 21.3 Å². The van der Waals surface area contributed by atoms with E-state index in [-0.39, 0.29) is 37.9 Å². The minimum Gasteiger partial charge on any atom is -0.444 e. The third-order valence-corrected chi connectivity index (χ3v) is 8.80. The fourth-order valence-corrected chi connectivity index (χ4v) is 6.24. The number of amides is 2. The number of pyridine rings is 1. The van der Waals surface area contributed by atoms with Crippen molar-refractivity contribution < 1.29 is 22.7 Å². The highest BCUT2D eigenvalue weighted by Gasteiger charge is 2.29. The predicted molar refractivity (Wildman–Crippen MR) is 158 cm³/mol. The van der Waals surface area contributed by atoms with Gasteiger partial charge in [0, 0.05) is 55.1 Å². The first-order valence-electron chi connectivity index (χ1n) is 12.9. The number of carbonyl (C=O) groups is 2. The maximum Gasteiger partial charge on any atom is 0.413 e. The Balaban J connectivity index is 1.36. The van der Waals surface area contributed by atoms with Gasteiger partial charge in [-0.25, -0.2) is 18.2 Å². The largest absolute Gasteiger partial charge is 0.444 e. The highest BCUT2D eigenvalue weighted by atomic mass is 32.2. The molecule has 13 heteroatoms. The van der Waals surface area contributed by atoms with Crippen LogP contribution in [0.3, 0.4) is 0 Å². The Morgan fingerprint density at radius 2 is 1.78 bits per heavy atom. The molecule has 0 atom stereocenters. The lowest BCUT2D eigenvalue weighted by atomic mass is 10.1. The zero-order valence-corrected chi connectivity index (χ0v) is 24.9. The van der Waals surface area contributed by atoms with Gasteiger partial charge >= 0.3 is 6.09 Å². The summed E-state index contributed by atoms with van der Waals surface area (Å²) in [4.78, 5) is 35.9. The van der Waals surface area contributed by atoms with Gasteiger partial charge in [0.05, 0.1) is 5.69 Å². The molecular formula is C28H32N6O5S2. The highest BCUT2D eigenvalue weighted by Crippen LogP contribution is 2.29. The standard InChI is InChI=1S/C28H32N6O5S2/c1-19-23(40-25(31-19)21-8-11-30-12-9-21)26(35)33-13-15-34(16-14-33)41(37,38)17-10-20-6-5-7-22(18-20)24(29)32-27(36)39-28(2,3)4/h5-12,17-18H,13-16H2,1-4H3,(H2,29,32,36)/b17-10+. The van der Waals surface area contributed by atoms with Crippen LogP contribution in [0.25, 0.3) is 16.6 Å². The number of hydrogen-bond donors (Lipinski definition) is 2. The molecule has 0 aliphatic carbocycles. The van der Waals surface area contributed by atoms with Gasteiger partial charge in [-0.15, -0.1) is 11.3 Å². The quantitative estimate of drug-likeness (QED) is 0.322. The van der Waals surface area contributed by atoms with Crippen LogP contribution in [0.5, 0.6) is 0 Å². The van der Waals surface area contributed by atoms with Gasteiger partial charge in [-0.05, 0) is 57.5 Å². The average Bonchev–Trinajstić information content (AvgIpc) is 3.32. The molecule has 1 saturated heterocycles. The van der Waals surface area contributed by atoms with Crippen LogP contribution in [0.2, 0.25) is 0 Å². The van der Waals surface area contributed by atoms with Gasteiger partial charge in [0.25, 0.3) is 5.91 Å². The maximum absolute atomic E-state index is 13.2. The van der Waals surface area contributed by atoms with Gasteiger partial charge in [0.2, 0.25) is 10.0 Å². The Kier molecular flexibility index (Phi) is 9.00. The van der Waals surface area contributed by atoms with Crippen LogP contribution in [0.1, 0.15) is 47.3 Å². The van der Waals surface area contributed by atoms with Gasteiger partial charge in [-0.2, -0.15) is 4.31 Å². The van der Waals surface area contributed by atoms with Crippen LogP contribution in [-0.4, -0.2) is 77.2 Å². The van der Waals surface area contributed by atoms with Crippen molar-refractivity contribution in [2.45, 2.75) is 33.3 Å². The molecule has 0 spiro atoms. The molecule has 1 aromatic carbocycles. The molecule has 2 aromatic heterocycles. The number of alkyl carbamates (subject to hydrolysis) is 1. The summed E-state index contributed by atoms with van der Waals surface area (Å²) in [6, 6.07) is 10.3. The van der Waals surface area contributed by atoms with Crippen LogP contribution >= 0.6 is 11.3 Å². The molecule has 0 saturated carbocycles. The Morgan fingerprint density at radius 1 is 1.10 bits per heavy atom. The number of aromatic nitrogens is 2. The van der Waals surface area contributed by atoms with Crippen molar-refractivity contribution in [2.75, 3.05) is 26.2 Å². The van der Waals surface area contributed by atoms with E-state index in [1.54, 1.807) is 69.3 Å². The number of aryl methyl sites for hydroxylation is 1. The lowest BCUT2D eigenvalue weighted by Gasteiger charge is -2.33. The summed E-state index contributed by atoms with van der Waals surface area (Å²) >= 11 is 1.32. The predicted octanol–water partition coefficient (Wildman–Crippen LogP) is 4.12. The van der Waals surface area contributed by atoms with E-state index in [2.05, 4.69) is 15.3 Å². The number of sulfonamides is 1. The summed E-state index contributed by atoms with van der Waals surface area (Å²) in [5.74, 6) is -0.325. The van der Waals surface area contributed by atoms with E-state index in [4.69, 9.17) is 10.1 Å². The number of amidine groups is 1. The molecule has 4 rings (SSSR count). The van der Waals surface area contributed by atoms with Crippen molar-refractivity contribution in [1.82, 2.24) is 24.5 Å². The van der Waals surface area contributed by atoms with Crippen LogP contribution in [0, 0.1) is 12.3 Å². The molecule has 3 aromatic rings. The van der Waals surface area contributed by atoms with E-state index < -0.39 is 21.7 Å². The molecule has 1 aliphatic rings. The van der Waals surface area contributed by atoms with Crippen molar-refractivity contribution in [3.05, 3.63) is 75.9 Å². The Hall–Kier alpha value is -3.94. The Bertz CT molecular complexity index is 1570. The van der Waals surface area contributed by atoms with Crippen molar-refractivity contribution in [1.29, 1.82) is 5.41 Å². The lowest BCUT2D eigenvalue weighted by molar-refractivity contribution is 0.0562. The fraction of sp³-hybridized carbons (Fsp3) is 0.321. The molecule has 1 aliphatic heterocycles. The number of rotatable bonds is 6. The zero-order chi connectivity index (χ0) is 29.8. The summed E-state index contributed by atoms with van der Waals surface area (Å²) in [6.45, 7) is 7.82. The summed E-state index contributed by atoms with van der Waals surface area (Å²) in [5.41, 5.74) is 1.76. The molecule has 1 fully saturated rings. The van der Waals surface area contributed by atoms with Crippen molar-refractivity contribution in [3.63, 3.8) is 0 Å². The van der Waals surface area contributed by atoms with Crippen molar-refractivity contribution in [2.24, 2.45) is 0 Å². The number of nitrogens with zero attached hydrogens (tertiary/aromatic N) is 4. The number of benzene rings is 1. The number of carbonyl (C=O) groups excluding carboxylic acids is 2. The SMILES string of the molecule is Cc1nc(-c2ccncc2)sc1C(=O)N1CCN(S(=O)(=O)/C=C/c2cccc(C(=N)NC(=O)OC(C)(C)C)c2)CC1. The summed E-state index contributed by atoms with van der Waals surface area (Å²) in [5, 5.41) is 12.4. The Labute approximate surface area is 243 Å². The first-order valence-corrected chi connectivity index (χ1v) is 15.2. The second-order valence-corrected chi connectivity index (χ2v) is 13.2. The second-order valence-electron chi connectivity index (χ2n) is 10.3. The van der Waals surface area contributed by atoms with Gasteiger partial charge in [-0.1, -0.05) is 18.2 Å². The van der Waals surface area contributed by atoms with Crippen LogP contribution < -0.4 is 5.32 Å². The molecule has 0 bridgehead atoms. The van der Waals surface area contributed by atoms with E-state index in [0.717, 1.165) is 16.0 Å². The number of thiazole rings is 1. The van der Waals surface area contributed by atoms with Crippen molar-refractivity contribution in [3.8, 4) is 10.6 Å². The lowest BCUT2D eigenvalue weighted by Crippen LogP contribution is -2.50. The zero-order valence-electron chi connectivity index (χ0n) is 23.2. The topological polar surface area (TPSA) is 146 Å². The first kappa shape index (κ1) is 30.0. The molecular weight excluding hydrogens is 564 g/mol. The van der Waals surface area contributed by atoms with Crippen molar-refractivity contribution >= 4 is 45.3 Å². The van der Waals surface area contributed by atoms with Gasteiger partial charge in [-0.3, -0.25) is 20.5 Å². The van der Waals surface area contributed by atoms with Crippen LogP contribution in [-0.2, 0) is 14.8 Å². The van der Waals surface area contributed by atoms with E-state index >= 15 is 0 Å². The third kappa shape index (κ3) is 7.84. The first-order chi connectivity index (χ1) is 19.3. The third-order valence-electron chi connectivity index (χ3n) is 6.04. The van der Waals surface area contributed by atoms with E-state index in [0.29, 0.717) is 21.7 Å². The fourth-order valence-electron chi connectivity index (χ4n) is 4.03. The van der Waals surface area contributed by atoms with Crippen LogP contribution in [0.15, 0.2) is 54.2 Å². The molecule has 2 amide bonds. The van der Waals surface area contributed by atoms with E-state index in [1.165, 1.54) is 21.7 Å². The molecule has 0 radical (unpaired) electrons. The molecule has 41 heavy (non-hydrogen) atoms. The van der Waals surface area contributed by atoms with Gasteiger partial charge in [0.15, 0.2) is 0 Å². The minimum absolute atomic E-state index is 0.160. The normalized spacial score (nSPS) is 14.7. The summed E-state index contributed by atoms with van der Waals surface area (Å²) in [6.07, 6.45) is 4.04. The van der Waals surface area contributed by atoms with E-state index in [9.17, 15) is 18.0 Å². The minimum atomic E-state index is -3.75. The number of piperazine rings is 1. The van der Waals surface area contributed by atoms with Crippen LogP contribution in [0.4, 0.5) is 4.79 Å².